The van der Waals surface area contributed by atoms with Crippen LogP contribution < -0.4 is 8.92 Å². The summed E-state index contributed by atoms with van der Waals surface area (Å²) in [7, 11) is -2.89. The number of ether oxygens (including phenoxy) is 1. The summed E-state index contributed by atoms with van der Waals surface area (Å²) in [6.07, 6.45) is 5.13. The average molecular weight is 433 g/mol. The molecule has 0 N–H and O–H groups in total. The van der Waals surface area contributed by atoms with E-state index in [9.17, 15) is 18.5 Å². The van der Waals surface area contributed by atoms with Crippen LogP contribution in [0.1, 0.15) is 30.4 Å². The fraction of sp³-hybridized carbons (Fsp3) is 0.350. The Balaban J connectivity index is 1.82. The Kier molecular flexibility index (Phi) is 6.56. The molecule has 1 fully saturated rings. The van der Waals surface area contributed by atoms with Gasteiger partial charge in [0.15, 0.2) is 11.5 Å². The van der Waals surface area contributed by atoms with Gasteiger partial charge in [-0.25, -0.2) is 0 Å². The van der Waals surface area contributed by atoms with Crippen LogP contribution in [0.25, 0.3) is 0 Å². The number of rotatable bonds is 7. The Morgan fingerprint density at radius 1 is 1.10 bits per heavy atom. The number of piperidine rings is 1. The lowest BCUT2D eigenvalue weighted by Gasteiger charge is -2.23. The number of nitrogens with zero attached hydrogens (tertiary/aromatic N) is 3. The molecule has 9 nitrogen and oxygen atoms in total. The lowest BCUT2D eigenvalue weighted by Crippen LogP contribution is -2.24. The SMILES string of the molecule is COc1cc(/C=N/N2CCCCC2)ccc1OS(=O)(=O)c1ccc(C)c([N+](=O)[O-])c1. The second-order valence-electron chi connectivity index (χ2n) is 6.91. The Hall–Kier alpha value is -3.14. The number of hydrogen-bond acceptors (Lipinski definition) is 8. The van der Waals surface area contributed by atoms with E-state index < -0.39 is 15.0 Å². The standard InChI is InChI=1S/C20H23N3O6S/c1-15-6-8-17(13-18(15)23(24)25)30(26,27)29-19-9-7-16(12-20(19)28-2)14-21-22-10-4-3-5-11-22/h6-9,12-14H,3-5,10-11H2,1-2H3/b21-14+. The minimum atomic E-state index is -4.29. The molecule has 2 aromatic carbocycles. The van der Waals surface area contributed by atoms with Crippen molar-refractivity contribution in [3.05, 3.63) is 57.6 Å². The molecule has 10 heteroatoms. The van der Waals surface area contributed by atoms with Crippen molar-refractivity contribution in [2.75, 3.05) is 20.2 Å². The maximum absolute atomic E-state index is 12.6. The number of benzene rings is 2. The van der Waals surface area contributed by atoms with Gasteiger partial charge < -0.3 is 8.92 Å². The van der Waals surface area contributed by atoms with Crippen molar-refractivity contribution in [3.8, 4) is 11.5 Å². The van der Waals surface area contributed by atoms with E-state index in [4.69, 9.17) is 8.92 Å². The zero-order valence-corrected chi connectivity index (χ0v) is 17.6. The molecular formula is C20H23N3O6S. The van der Waals surface area contributed by atoms with Gasteiger partial charge in [-0.15, -0.1) is 0 Å². The van der Waals surface area contributed by atoms with Gasteiger partial charge in [0.2, 0.25) is 0 Å². The van der Waals surface area contributed by atoms with Gasteiger partial charge in [-0.1, -0.05) is 6.07 Å². The summed E-state index contributed by atoms with van der Waals surface area (Å²) in [4.78, 5) is 10.2. The molecule has 0 amide bonds. The van der Waals surface area contributed by atoms with Crippen LogP contribution in [0.3, 0.4) is 0 Å². The van der Waals surface area contributed by atoms with Gasteiger partial charge in [-0.3, -0.25) is 15.1 Å². The van der Waals surface area contributed by atoms with Gasteiger partial charge in [0, 0.05) is 24.7 Å². The summed E-state index contributed by atoms with van der Waals surface area (Å²) >= 11 is 0. The first-order chi connectivity index (χ1) is 14.3. The van der Waals surface area contributed by atoms with Crippen LogP contribution in [-0.2, 0) is 10.1 Å². The van der Waals surface area contributed by atoms with E-state index in [2.05, 4.69) is 5.10 Å². The van der Waals surface area contributed by atoms with Crippen molar-refractivity contribution in [3.63, 3.8) is 0 Å². The average Bonchev–Trinajstić information content (AvgIpc) is 2.73. The van der Waals surface area contributed by atoms with E-state index in [1.54, 1.807) is 18.3 Å². The van der Waals surface area contributed by atoms with E-state index in [1.165, 1.54) is 38.7 Å². The van der Waals surface area contributed by atoms with Crippen molar-refractivity contribution < 1.29 is 22.3 Å². The number of hydrogen-bond donors (Lipinski definition) is 0. The molecule has 1 aliphatic rings. The molecule has 3 rings (SSSR count). The first-order valence-corrected chi connectivity index (χ1v) is 10.9. The van der Waals surface area contributed by atoms with Gasteiger partial charge in [0.25, 0.3) is 5.69 Å². The van der Waals surface area contributed by atoms with E-state index in [0.717, 1.165) is 37.6 Å². The first kappa shape index (κ1) is 21.6. The van der Waals surface area contributed by atoms with Gasteiger partial charge >= 0.3 is 10.1 Å². The molecule has 0 radical (unpaired) electrons. The fourth-order valence-electron chi connectivity index (χ4n) is 3.08. The van der Waals surface area contributed by atoms with Crippen LogP contribution in [-0.4, -0.2) is 44.8 Å². The Bertz CT molecular complexity index is 1060. The van der Waals surface area contributed by atoms with Gasteiger partial charge in [0.05, 0.1) is 18.2 Å². The lowest BCUT2D eigenvalue weighted by atomic mass is 10.2. The normalized spacial score (nSPS) is 14.7. The van der Waals surface area contributed by atoms with Crippen LogP contribution in [0.5, 0.6) is 11.5 Å². The van der Waals surface area contributed by atoms with Gasteiger partial charge in [0.1, 0.15) is 4.90 Å². The second kappa shape index (κ2) is 9.12. The van der Waals surface area contributed by atoms with Crippen molar-refractivity contribution in [2.45, 2.75) is 31.1 Å². The molecule has 0 spiro atoms. The molecule has 0 aromatic heterocycles. The molecule has 0 saturated carbocycles. The van der Waals surface area contributed by atoms with Crippen LogP contribution >= 0.6 is 0 Å². The minimum Gasteiger partial charge on any atom is -0.493 e. The minimum absolute atomic E-state index is 0.0177. The zero-order valence-electron chi connectivity index (χ0n) is 16.8. The molecule has 1 heterocycles. The number of aryl methyl sites for hydroxylation is 1. The summed E-state index contributed by atoms with van der Waals surface area (Å²) in [5.74, 6) is 0.193. The van der Waals surface area contributed by atoms with E-state index >= 15 is 0 Å². The highest BCUT2D eigenvalue weighted by Crippen LogP contribution is 2.31. The molecule has 0 atom stereocenters. The molecule has 160 valence electrons. The van der Waals surface area contributed by atoms with Gasteiger partial charge in [-0.2, -0.15) is 13.5 Å². The maximum atomic E-state index is 12.6. The molecule has 0 unspecified atom stereocenters. The highest BCUT2D eigenvalue weighted by atomic mass is 32.2. The van der Waals surface area contributed by atoms with Crippen LogP contribution in [0, 0.1) is 17.0 Å². The van der Waals surface area contributed by atoms with Gasteiger partial charge in [-0.05, 0) is 56.0 Å². The van der Waals surface area contributed by atoms with E-state index in [0.29, 0.717) is 5.56 Å². The predicted molar refractivity (Wildman–Crippen MR) is 112 cm³/mol. The smallest absolute Gasteiger partial charge is 0.339 e. The monoisotopic (exact) mass is 433 g/mol. The second-order valence-corrected chi connectivity index (χ2v) is 8.46. The van der Waals surface area contributed by atoms with Crippen molar-refractivity contribution in [1.29, 1.82) is 0 Å². The number of methoxy groups -OCH3 is 1. The van der Waals surface area contributed by atoms with Crippen molar-refractivity contribution in [1.82, 2.24) is 5.01 Å². The summed E-state index contributed by atoms with van der Waals surface area (Å²) < 4.78 is 35.8. The largest absolute Gasteiger partial charge is 0.493 e. The molecular weight excluding hydrogens is 410 g/mol. The molecule has 0 bridgehead atoms. The number of nitro groups is 1. The van der Waals surface area contributed by atoms with Crippen LogP contribution in [0.4, 0.5) is 5.69 Å². The highest BCUT2D eigenvalue weighted by molar-refractivity contribution is 7.87. The summed E-state index contributed by atoms with van der Waals surface area (Å²) in [5.41, 5.74) is 0.790. The summed E-state index contributed by atoms with van der Waals surface area (Å²) in [6, 6.07) is 8.37. The third-order valence-corrected chi connectivity index (χ3v) is 5.99. The van der Waals surface area contributed by atoms with E-state index in [1.807, 2.05) is 5.01 Å². The third kappa shape index (κ3) is 5.07. The number of hydrazone groups is 1. The molecule has 0 aliphatic carbocycles. The van der Waals surface area contributed by atoms with E-state index in [-0.39, 0.29) is 22.1 Å². The summed E-state index contributed by atoms with van der Waals surface area (Å²) in [6.45, 7) is 3.36. The molecule has 30 heavy (non-hydrogen) atoms. The highest BCUT2D eigenvalue weighted by Gasteiger charge is 2.23. The lowest BCUT2D eigenvalue weighted by molar-refractivity contribution is -0.385. The molecule has 2 aromatic rings. The first-order valence-electron chi connectivity index (χ1n) is 9.46. The Labute approximate surface area is 175 Å². The molecule has 1 aliphatic heterocycles. The van der Waals surface area contributed by atoms with Crippen LogP contribution in [0.15, 0.2) is 46.4 Å². The molecule has 1 saturated heterocycles. The Morgan fingerprint density at radius 2 is 1.83 bits per heavy atom. The quantitative estimate of drug-likeness (QED) is 0.284. The Morgan fingerprint density at radius 3 is 2.50 bits per heavy atom. The third-order valence-electron chi connectivity index (χ3n) is 4.76. The topological polar surface area (TPSA) is 111 Å². The number of nitro benzene ring substituents is 1. The zero-order chi connectivity index (χ0) is 21.7. The fourth-order valence-corrected chi connectivity index (χ4v) is 4.04. The van der Waals surface area contributed by atoms with Crippen molar-refractivity contribution in [2.24, 2.45) is 5.10 Å². The maximum Gasteiger partial charge on any atom is 0.339 e. The summed E-state index contributed by atoms with van der Waals surface area (Å²) in [5, 5.41) is 17.5. The predicted octanol–water partition coefficient (Wildman–Crippen LogP) is 3.50. The van der Waals surface area contributed by atoms with Crippen LogP contribution in [0.2, 0.25) is 0 Å². The van der Waals surface area contributed by atoms with Crippen molar-refractivity contribution >= 4 is 22.0 Å².